The molecule has 25 heavy (non-hydrogen) atoms. The van der Waals surface area contributed by atoms with Crippen LogP contribution in [-0.2, 0) is 6.54 Å². The number of aryl methyl sites for hydroxylation is 1. The van der Waals surface area contributed by atoms with Gasteiger partial charge in [-0.25, -0.2) is 0 Å². The van der Waals surface area contributed by atoms with Crippen LogP contribution in [0.1, 0.15) is 36.7 Å². The van der Waals surface area contributed by atoms with Crippen molar-refractivity contribution < 1.29 is 4.79 Å². The highest BCUT2D eigenvalue weighted by molar-refractivity contribution is 7.17. The second-order valence-electron chi connectivity index (χ2n) is 6.49. The monoisotopic (exact) mass is 353 g/mol. The number of aromatic nitrogens is 1. The van der Waals surface area contributed by atoms with Crippen LogP contribution in [0.3, 0.4) is 0 Å². The summed E-state index contributed by atoms with van der Waals surface area (Å²) < 4.78 is 3.23. The first-order chi connectivity index (χ1) is 12.3. The van der Waals surface area contributed by atoms with E-state index in [4.69, 9.17) is 0 Å². The number of rotatable bonds is 4. The molecule has 0 saturated carbocycles. The van der Waals surface area contributed by atoms with Gasteiger partial charge in [-0.3, -0.25) is 4.79 Å². The Morgan fingerprint density at radius 3 is 2.60 bits per heavy atom. The van der Waals surface area contributed by atoms with Gasteiger partial charge in [-0.15, -0.1) is 11.3 Å². The van der Waals surface area contributed by atoms with Crippen molar-refractivity contribution in [2.24, 2.45) is 0 Å². The van der Waals surface area contributed by atoms with Crippen LogP contribution in [0.25, 0.3) is 10.2 Å². The average molecular weight is 353 g/mol. The lowest BCUT2D eigenvalue weighted by atomic mass is 10.1. The van der Waals surface area contributed by atoms with Gasteiger partial charge in [0.25, 0.3) is 5.91 Å². The van der Waals surface area contributed by atoms with Crippen molar-refractivity contribution in [3.05, 3.63) is 47.5 Å². The van der Waals surface area contributed by atoms with E-state index in [9.17, 15) is 4.79 Å². The molecule has 1 amide bonds. The topological polar surface area (TPSA) is 37.3 Å². The zero-order valence-electron chi connectivity index (χ0n) is 14.5. The minimum atomic E-state index is -0.0454. The summed E-state index contributed by atoms with van der Waals surface area (Å²) in [4.78, 5) is 15.1. The van der Waals surface area contributed by atoms with Crippen LogP contribution in [0, 0.1) is 0 Å². The lowest BCUT2D eigenvalue weighted by Gasteiger charge is -2.28. The van der Waals surface area contributed by atoms with Crippen molar-refractivity contribution in [2.45, 2.75) is 32.7 Å². The second-order valence-corrected chi connectivity index (χ2v) is 7.44. The van der Waals surface area contributed by atoms with Crippen molar-refractivity contribution in [1.82, 2.24) is 4.57 Å². The van der Waals surface area contributed by atoms with Gasteiger partial charge < -0.3 is 14.8 Å². The molecule has 0 radical (unpaired) electrons. The maximum Gasteiger partial charge on any atom is 0.272 e. The number of amides is 1. The number of piperidine rings is 1. The molecule has 0 aliphatic carbocycles. The fourth-order valence-corrected chi connectivity index (χ4v) is 4.43. The molecule has 130 valence electrons. The first kappa shape index (κ1) is 16.2. The number of hydrogen-bond acceptors (Lipinski definition) is 3. The highest BCUT2D eigenvalue weighted by Crippen LogP contribution is 2.26. The molecule has 3 heterocycles. The van der Waals surface area contributed by atoms with Gasteiger partial charge in [-0.05, 0) is 68.0 Å². The molecule has 0 unspecified atom stereocenters. The van der Waals surface area contributed by atoms with Gasteiger partial charge >= 0.3 is 0 Å². The van der Waals surface area contributed by atoms with E-state index < -0.39 is 0 Å². The molecule has 4 rings (SSSR count). The Labute approximate surface area is 152 Å². The lowest BCUT2D eigenvalue weighted by Crippen LogP contribution is -2.29. The summed E-state index contributed by atoms with van der Waals surface area (Å²) in [6, 6.07) is 12.3. The fraction of sp³-hybridized carbons (Fsp3) is 0.350. The zero-order valence-corrected chi connectivity index (χ0v) is 15.3. The molecule has 1 aliphatic heterocycles. The summed E-state index contributed by atoms with van der Waals surface area (Å²) in [5, 5.41) is 5.11. The Bertz CT molecular complexity index is 872. The first-order valence-corrected chi connectivity index (χ1v) is 9.87. The Morgan fingerprint density at radius 2 is 1.88 bits per heavy atom. The molecule has 5 heteroatoms. The Kier molecular flexibility index (Phi) is 4.49. The number of benzene rings is 1. The van der Waals surface area contributed by atoms with Gasteiger partial charge in [-0.2, -0.15) is 0 Å². The van der Waals surface area contributed by atoms with E-state index in [1.807, 2.05) is 18.2 Å². The Hall–Kier alpha value is -2.27. The summed E-state index contributed by atoms with van der Waals surface area (Å²) in [6.07, 6.45) is 3.87. The van der Waals surface area contributed by atoms with Crippen LogP contribution in [-0.4, -0.2) is 23.6 Å². The highest BCUT2D eigenvalue weighted by atomic mass is 32.1. The molecule has 3 aromatic rings. The third-order valence-electron chi connectivity index (χ3n) is 4.92. The van der Waals surface area contributed by atoms with E-state index >= 15 is 0 Å². The lowest BCUT2D eigenvalue weighted by molar-refractivity contribution is 0.101. The first-order valence-electron chi connectivity index (χ1n) is 8.99. The number of anilines is 2. The van der Waals surface area contributed by atoms with Gasteiger partial charge in [0.2, 0.25) is 0 Å². The summed E-state index contributed by atoms with van der Waals surface area (Å²) in [5.41, 5.74) is 3.95. The number of thiophene rings is 1. The van der Waals surface area contributed by atoms with Gasteiger partial charge in [0.05, 0.1) is 10.2 Å². The quantitative estimate of drug-likeness (QED) is 0.719. The molecule has 1 aromatic carbocycles. The van der Waals surface area contributed by atoms with Crippen molar-refractivity contribution >= 4 is 38.8 Å². The predicted octanol–water partition coefficient (Wildman–Crippen LogP) is 4.97. The van der Waals surface area contributed by atoms with Gasteiger partial charge in [0.15, 0.2) is 0 Å². The Morgan fingerprint density at radius 1 is 1.12 bits per heavy atom. The van der Waals surface area contributed by atoms with E-state index in [2.05, 4.69) is 45.3 Å². The normalized spacial score (nSPS) is 14.8. The molecule has 4 nitrogen and oxygen atoms in total. The standard InChI is InChI=1S/C20H23N3OS/c1-2-23-17-10-13-25-19(17)14-18(23)20(24)21-15-6-8-16(9-7-15)22-11-4-3-5-12-22/h6-10,13-14H,2-5,11-12H2,1H3,(H,21,24). The summed E-state index contributed by atoms with van der Waals surface area (Å²) in [5.74, 6) is -0.0454. The van der Waals surface area contributed by atoms with Crippen molar-refractivity contribution in [3.63, 3.8) is 0 Å². The zero-order chi connectivity index (χ0) is 17.2. The highest BCUT2D eigenvalue weighted by Gasteiger charge is 2.16. The maximum atomic E-state index is 12.7. The van der Waals surface area contributed by atoms with Crippen LogP contribution in [0.2, 0.25) is 0 Å². The molecule has 0 atom stereocenters. The van der Waals surface area contributed by atoms with Crippen LogP contribution in [0.4, 0.5) is 11.4 Å². The van der Waals surface area contributed by atoms with Gasteiger partial charge in [0, 0.05) is 31.0 Å². The minimum Gasteiger partial charge on any atom is -0.372 e. The van der Waals surface area contributed by atoms with Crippen molar-refractivity contribution in [3.8, 4) is 0 Å². The maximum absolute atomic E-state index is 12.7. The van der Waals surface area contributed by atoms with Gasteiger partial charge in [0.1, 0.15) is 5.69 Å². The summed E-state index contributed by atoms with van der Waals surface area (Å²) in [7, 11) is 0. The smallest absolute Gasteiger partial charge is 0.272 e. The fourth-order valence-electron chi connectivity index (χ4n) is 3.61. The van der Waals surface area contributed by atoms with Gasteiger partial charge in [-0.1, -0.05) is 0 Å². The third-order valence-corrected chi connectivity index (χ3v) is 5.77. The molecule has 2 aromatic heterocycles. The van der Waals surface area contributed by atoms with Crippen molar-refractivity contribution in [2.75, 3.05) is 23.3 Å². The molecular weight excluding hydrogens is 330 g/mol. The van der Waals surface area contributed by atoms with E-state index in [-0.39, 0.29) is 5.91 Å². The second kappa shape index (κ2) is 6.92. The molecule has 1 aliphatic rings. The minimum absolute atomic E-state index is 0.0454. The summed E-state index contributed by atoms with van der Waals surface area (Å²) in [6.45, 7) is 5.12. The number of carbonyl (C=O) groups excluding carboxylic acids is 1. The Balaban J connectivity index is 1.50. The number of nitrogens with zero attached hydrogens (tertiary/aromatic N) is 2. The van der Waals surface area contributed by atoms with Crippen LogP contribution in [0.5, 0.6) is 0 Å². The number of nitrogens with one attached hydrogen (secondary N) is 1. The SMILES string of the molecule is CCn1c(C(=O)Nc2ccc(N3CCCCC3)cc2)cc2sccc21. The van der Waals surface area contributed by atoms with Crippen molar-refractivity contribution in [1.29, 1.82) is 0 Å². The molecule has 1 saturated heterocycles. The average Bonchev–Trinajstić information content (AvgIpc) is 3.24. The van der Waals surface area contributed by atoms with Crippen LogP contribution < -0.4 is 10.2 Å². The van der Waals surface area contributed by atoms with E-state index in [1.165, 1.54) is 24.9 Å². The molecular formula is C20H23N3OS. The molecule has 1 fully saturated rings. The molecule has 0 spiro atoms. The van der Waals surface area contributed by atoms with Crippen LogP contribution in [0.15, 0.2) is 41.8 Å². The van der Waals surface area contributed by atoms with E-state index in [0.717, 1.165) is 41.2 Å². The number of fused-ring (bicyclic) bond motifs is 1. The van der Waals surface area contributed by atoms with Crippen LogP contribution >= 0.6 is 11.3 Å². The number of carbonyl (C=O) groups is 1. The molecule has 0 bridgehead atoms. The van der Waals surface area contributed by atoms with E-state index in [0.29, 0.717) is 0 Å². The molecule has 1 N–H and O–H groups in total. The largest absolute Gasteiger partial charge is 0.372 e. The predicted molar refractivity (Wildman–Crippen MR) is 106 cm³/mol. The van der Waals surface area contributed by atoms with E-state index in [1.54, 1.807) is 11.3 Å². The number of hydrogen-bond donors (Lipinski definition) is 1. The third kappa shape index (κ3) is 3.16. The summed E-state index contributed by atoms with van der Waals surface area (Å²) >= 11 is 1.67.